The Morgan fingerprint density at radius 2 is 2.03 bits per heavy atom. The van der Waals surface area contributed by atoms with Gasteiger partial charge in [-0.3, -0.25) is 14.5 Å². The fourth-order valence-corrected chi connectivity index (χ4v) is 5.85. The highest BCUT2D eigenvalue weighted by atomic mass is 32.1. The van der Waals surface area contributed by atoms with E-state index in [4.69, 9.17) is 5.73 Å². The van der Waals surface area contributed by atoms with Gasteiger partial charge >= 0.3 is 0 Å². The summed E-state index contributed by atoms with van der Waals surface area (Å²) in [6.07, 6.45) is 8.34. The Kier molecular flexibility index (Phi) is 9.35. The van der Waals surface area contributed by atoms with Gasteiger partial charge in [-0.2, -0.15) is 0 Å². The van der Waals surface area contributed by atoms with Gasteiger partial charge in [0.05, 0.1) is 4.88 Å². The zero-order chi connectivity index (χ0) is 22.2. The molecule has 31 heavy (non-hydrogen) atoms. The molecule has 2 heterocycles. The van der Waals surface area contributed by atoms with Gasteiger partial charge in [-0.15, -0.1) is 11.3 Å². The molecule has 3 N–H and O–H groups in total. The molecule has 0 radical (unpaired) electrons. The zero-order valence-corrected chi connectivity index (χ0v) is 20.0. The molecule has 0 aromatic carbocycles. The molecule has 3 rings (SSSR count). The maximum Gasteiger partial charge on any atom is 0.264 e. The van der Waals surface area contributed by atoms with Crippen LogP contribution in [0.4, 0.5) is 0 Å². The molecular formula is C24H40N4O2S. The van der Waals surface area contributed by atoms with E-state index in [1.807, 2.05) is 17.5 Å². The average molecular weight is 449 g/mol. The van der Waals surface area contributed by atoms with Gasteiger partial charge in [0.25, 0.3) is 5.91 Å². The molecule has 1 aromatic heterocycles. The summed E-state index contributed by atoms with van der Waals surface area (Å²) < 4.78 is 0. The second-order valence-corrected chi connectivity index (χ2v) is 10.5. The van der Waals surface area contributed by atoms with Crippen LogP contribution in [-0.4, -0.2) is 66.4 Å². The van der Waals surface area contributed by atoms with Gasteiger partial charge in [-0.25, -0.2) is 0 Å². The maximum absolute atomic E-state index is 13.1. The lowest BCUT2D eigenvalue weighted by atomic mass is 9.87. The number of hydrogen-bond acceptors (Lipinski definition) is 5. The molecule has 1 unspecified atom stereocenters. The number of carbonyl (C=O) groups excluding carboxylic acids is 2. The third kappa shape index (κ3) is 6.77. The van der Waals surface area contributed by atoms with Gasteiger partial charge in [0.15, 0.2) is 0 Å². The van der Waals surface area contributed by atoms with E-state index < -0.39 is 6.04 Å². The van der Waals surface area contributed by atoms with Crippen LogP contribution in [0.2, 0.25) is 0 Å². The molecule has 7 heteroatoms. The van der Waals surface area contributed by atoms with E-state index in [1.54, 1.807) is 4.90 Å². The minimum Gasteiger partial charge on any atom is -0.353 e. The largest absolute Gasteiger partial charge is 0.353 e. The van der Waals surface area contributed by atoms with E-state index >= 15 is 0 Å². The molecular weight excluding hydrogens is 408 g/mol. The number of carbonyl (C=O) groups is 2. The molecule has 1 aromatic rings. The number of nitrogens with zero attached hydrogens (tertiary/aromatic N) is 2. The molecule has 2 amide bonds. The highest BCUT2D eigenvalue weighted by Crippen LogP contribution is 2.30. The number of likely N-dealkylation sites (tertiary alicyclic amines) is 1. The summed E-state index contributed by atoms with van der Waals surface area (Å²) in [5.74, 6) is 1.26. The number of rotatable bonds is 9. The van der Waals surface area contributed by atoms with Gasteiger partial charge in [0, 0.05) is 38.8 Å². The molecule has 1 aliphatic heterocycles. The second kappa shape index (κ2) is 12.0. The van der Waals surface area contributed by atoms with Crippen molar-refractivity contribution in [1.29, 1.82) is 0 Å². The molecule has 1 saturated carbocycles. The Morgan fingerprint density at radius 1 is 1.26 bits per heavy atom. The Bertz CT molecular complexity index is 688. The third-order valence-electron chi connectivity index (χ3n) is 6.65. The number of hydrogen-bond donors (Lipinski definition) is 2. The van der Waals surface area contributed by atoms with E-state index in [1.165, 1.54) is 43.4 Å². The summed E-state index contributed by atoms with van der Waals surface area (Å²) in [6, 6.07) is 3.65. The van der Waals surface area contributed by atoms with Crippen LogP contribution in [0.3, 0.4) is 0 Å². The number of amides is 2. The summed E-state index contributed by atoms with van der Waals surface area (Å²) in [7, 11) is 0. The molecule has 2 atom stereocenters. The number of piperidine rings is 1. The Balaban J connectivity index is 1.74. The van der Waals surface area contributed by atoms with Crippen LogP contribution in [-0.2, 0) is 4.79 Å². The first-order valence-corrected chi connectivity index (χ1v) is 12.9. The minimum atomic E-state index is -0.430. The van der Waals surface area contributed by atoms with Crippen molar-refractivity contribution in [1.82, 2.24) is 15.1 Å². The molecule has 6 nitrogen and oxygen atoms in total. The maximum atomic E-state index is 13.1. The molecule has 174 valence electrons. The predicted octanol–water partition coefficient (Wildman–Crippen LogP) is 3.33. The minimum absolute atomic E-state index is 0.0240. The van der Waals surface area contributed by atoms with Crippen molar-refractivity contribution in [2.75, 3.05) is 32.7 Å². The van der Waals surface area contributed by atoms with E-state index in [-0.39, 0.29) is 11.8 Å². The van der Waals surface area contributed by atoms with Crippen LogP contribution in [0.25, 0.3) is 0 Å². The van der Waals surface area contributed by atoms with Crippen LogP contribution in [0, 0.1) is 11.8 Å². The lowest BCUT2D eigenvalue weighted by molar-refractivity contribution is -0.127. The Hall–Kier alpha value is -1.44. The van der Waals surface area contributed by atoms with E-state index in [9.17, 15) is 9.59 Å². The van der Waals surface area contributed by atoms with Gasteiger partial charge in [0.2, 0.25) is 5.91 Å². The lowest BCUT2D eigenvalue weighted by Gasteiger charge is -2.44. The average Bonchev–Trinajstić information content (AvgIpc) is 3.31. The molecule has 2 aliphatic rings. The molecule has 2 fully saturated rings. The van der Waals surface area contributed by atoms with Crippen molar-refractivity contribution < 1.29 is 9.59 Å². The standard InChI is InChI=1S/C24H40N4O2S/c1-18(2)16-27(17-19-7-4-3-5-8-19)20-10-13-28(24(30)22-9-6-14-31-22)21(15-20)23(29)26-12-11-25/h6,9,14,18-21H,3-5,7-8,10-13,15-17,25H2,1-2H3,(H,26,29)/t20?,21-/m1/s1. The van der Waals surface area contributed by atoms with Crippen LogP contribution in [0.1, 0.15) is 68.5 Å². The second-order valence-electron chi connectivity index (χ2n) is 9.60. The van der Waals surface area contributed by atoms with E-state index in [2.05, 4.69) is 24.1 Å². The van der Waals surface area contributed by atoms with Crippen LogP contribution in [0.15, 0.2) is 17.5 Å². The van der Waals surface area contributed by atoms with Crippen LogP contribution < -0.4 is 11.1 Å². The molecule has 0 bridgehead atoms. The molecule has 0 spiro atoms. The van der Waals surface area contributed by atoms with Gasteiger partial charge in [-0.1, -0.05) is 39.2 Å². The first-order valence-electron chi connectivity index (χ1n) is 12.1. The number of nitrogens with two attached hydrogens (primary N) is 1. The zero-order valence-electron chi connectivity index (χ0n) is 19.2. The predicted molar refractivity (Wildman–Crippen MR) is 127 cm³/mol. The number of nitrogens with one attached hydrogen (secondary N) is 1. The molecule has 1 saturated heterocycles. The SMILES string of the molecule is CC(C)CN(CC1CCCCC1)C1CCN(C(=O)c2cccs2)[C@@H](C(=O)NCCN)C1. The summed E-state index contributed by atoms with van der Waals surface area (Å²) >= 11 is 1.44. The van der Waals surface area contributed by atoms with Crippen LogP contribution in [0.5, 0.6) is 0 Å². The first-order chi connectivity index (χ1) is 15.0. The first kappa shape index (κ1) is 24.2. The quantitative estimate of drug-likeness (QED) is 0.607. The van der Waals surface area contributed by atoms with Crippen molar-refractivity contribution in [3.63, 3.8) is 0 Å². The summed E-state index contributed by atoms with van der Waals surface area (Å²) in [6.45, 7) is 8.20. The smallest absolute Gasteiger partial charge is 0.264 e. The lowest BCUT2D eigenvalue weighted by Crippen LogP contribution is -2.58. The summed E-state index contributed by atoms with van der Waals surface area (Å²) in [4.78, 5) is 31.3. The Morgan fingerprint density at radius 3 is 2.68 bits per heavy atom. The normalized spacial score (nSPS) is 22.8. The highest BCUT2D eigenvalue weighted by Gasteiger charge is 2.39. The summed E-state index contributed by atoms with van der Waals surface area (Å²) in [5.41, 5.74) is 5.61. The van der Waals surface area contributed by atoms with Gasteiger partial charge in [-0.05, 0) is 49.0 Å². The fraction of sp³-hybridized carbons (Fsp3) is 0.750. The van der Waals surface area contributed by atoms with Crippen molar-refractivity contribution in [3.05, 3.63) is 22.4 Å². The van der Waals surface area contributed by atoms with Crippen molar-refractivity contribution in [2.24, 2.45) is 17.6 Å². The van der Waals surface area contributed by atoms with Crippen molar-refractivity contribution in [2.45, 2.75) is 70.9 Å². The topological polar surface area (TPSA) is 78.7 Å². The summed E-state index contributed by atoms with van der Waals surface area (Å²) in [5, 5.41) is 4.86. The third-order valence-corrected chi connectivity index (χ3v) is 7.51. The van der Waals surface area contributed by atoms with Gasteiger partial charge in [0.1, 0.15) is 6.04 Å². The molecule has 1 aliphatic carbocycles. The highest BCUT2D eigenvalue weighted by molar-refractivity contribution is 7.12. The van der Waals surface area contributed by atoms with Crippen molar-refractivity contribution >= 4 is 23.2 Å². The van der Waals surface area contributed by atoms with Gasteiger partial charge < -0.3 is 16.0 Å². The van der Waals surface area contributed by atoms with E-state index in [0.29, 0.717) is 42.9 Å². The van der Waals surface area contributed by atoms with Crippen molar-refractivity contribution in [3.8, 4) is 0 Å². The van der Waals surface area contributed by atoms with E-state index in [0.717, 1.165) is 25.4 Å². The number of thiophene rings is 1. The Labute approximate surface area is 191 Å². The fourth-order valence-electron chi connectivity index (χ4n) is 5.17. The monoisotopic (exact) mass is 448 g/mol. The van der Waals surface area contributed by atoms with Crippen LogP contribution >= 0.6 is 11.3 Å².